The molecule has 1 nitrogen and oxygen atoms in total. The first-order valence-electron chi connectivity index (χ1n) is 10.5. The molecular formula is C29H23N. The molecule has 0 saturated carbocycles. The van der Waals surface area contributed by atoms with Gasteiger partial charge in [-0.1, -0.05) is 91.5 Å². The standard InChI is InChI=1S/C29H23N/c1-19(2)30-26-16-10-8-14-22(26)24-18-17-23-21-13-7-9-15-25(21)29(3,27(23)28(24)30)20-11-5-4-6-12-20/h4-18H,1H2,2-3H3. The molecule has 0 amide bonds. The molecule has 1 unspecified atom stereocenters. The van der Waals surface area contributed by atoms with Gasteiger partial charge in [-0.3, -0.25) is 0 Å². The van der Waals surface area contributed by atoms with Gasteiger partial charge in [-0.2, -0.15) is 0 Å². The van der Waals surface area contributed by atoms with Crippen molar-refractivity contribution in [1.82, 2.24) is 4.57 Å². The third kappa shape index (κ3) is 2.02. The van der Waals surface area contributed by atoms with Gasteiger partial charge < -0.3 is 4.57 Å². The number of rotatable bonds is 2. The summed E-state index contributed by atoms with van der Waals surface area (Å²) in [5, 5.41) is 2.58. The van der Waals surface area contributed by atoms with Gasteiger partial charge in [0.15, 0.2) is 0 Å². The topological polar surface area (TPSA) is 4.93 Å². The molecule has 5 aromatic rings. The van der Waals surface area contributed by atoms with Crippen LogP contribution >= 0.6 is 0 Å². The minimum atomic E-state index is -0.228. The van der Waals surface area contributed by atoms with Crippen molar-refractivity contribution in [2.24, 2.45) is 0 Å². The van der Waals surface area contributed by atoms with Gasteiger partial charge in [-0.25, -0.2) is 0 Å². The normalized spacial score (nSPS) is 17.3. The Morgan fingerprint density at radius 2 is 1.43 bits per heavy atom. The van der Waals surface area contributed by atoms with E-state index in [9.17, 15) is 0 Å². The molecule has 0 spiro atoms. The van der Waals surface area contributed by atoms with E-state index in [1.807, 2.05) is 0 Å². The van der Waals surface area contributed by atoms with Crippen molar-refractivity contribution < 1.29 is 0 Å². The smallest absolute Gasteiger partial charge is 0.0588 e. The maximum Gasteiger partial charge on any atom is 0.0588 e. The molecule has 0 saturated heterocycles. The summed E-state index contributed by atoms with van der Waals surface area (Å²) >= 11 is 0. The Hall–Kier alpha value is -3.58. The highest BCUT2D eigenvalue weighted by Gasteiger charge is 2.43. The van der Waals surface area contributed by atoms with Gasteiger partial charge in [-0.05, 0) is 47.7 Å². The second kappa shape index (κ2) is 5.96. The van der Waals surface area contributed by atoms with E-state index in [1.165, 1.54) is 49.6 Å². The lowest BCUT2D eigenvalue weighted by Crippen LogP contribution is -2.23. The van der Waals surface area contributed by atoms with Crippen LogP contribution in [0.1, 0.15) is 30.5 Å². The Morgan fingerprint density at radius 1 is 0.733 bits per heavy atom. The summed E-state index contributed by atoms with van der Waals surface area (Å²) in [5.41, 5.74) is 10.1. The number of hydrogen-bond acceptors (Lipinski definition) is 0. The molecule has 1 heteroatoms. The average Bonchev–Trinajstić information content (AvgIpc) is 3.26. The molecule has 144 valence electrons. The third-order valence-corrected chi connectivity index (χ3v) is 6.83. The van der Waals surface area contributed by atoms with Crippen LogP contribution in [-0.2, 0) is 5.41 Å². The van der Waals surface area contributed by atoms with Crippen LogP contribution in [0.25, 0.3) is 38.6 Å². The molecule has 4 aromatic carbocycles. The van der Waals surface area contributed by atoms with E-state index >= 15 is 0 Å². The summed E-state index contributed by atoms with van der Waals surface area (Å²) in [6, 6.07) is 33.1. The van der Waals surface area contributed by atoms with Crippen molar-refractivity contribution in [2.75, 3.05) is 0 Å². The summed E-state index contributed by atoms with van der Waals surface area (Å²) in [7, 11) is 0. The summed E-state index contributed by atoms with van der Waals surface area (Å²) in [4.78, 5) is 0. The fourth-order valence-corrected chi connectivity index (χ4v) is 5.54. The highest BCUT2D eigenvalue weighted by molar-refractivity contribution is 6.13. The van der Waals surface area contributed by atoms with Crippen molar-refractivity contribution in [3.05, 3.63) is 114 Å². The zero-order valence-electron chi connectivity index (χ0n) is 17.3. The molecule has 0 N–H and O–H groups in total. The van der Waals surface area contributed by atoms with Gasteiger partial charge in [0.2, 0.25) is 0 Å². The van der Waals surface area contributed by atoms with E-state index in [0.29, 0.717) is 0 Å². The first-order valence-corrected chi connectivity index (χ1v) is 10.5. The number of para-hydroxylation sites is 1. The van der Waals surface area contributed by atoms with E-state index in [0.717, 1.165) is 5.70 Å². The van der Waals surface area contributed by atoms with Crippen LogP contribution in [0, 0.1) is 0 Å². The van der Waals surface area contributed by atoms with Gasteiger partial charge >= 0.3 is 0 Å². The number of fused-ring (bicyclic) bond motifs is 7. The van der Waals surface area contributed by atoms with Crippen molar-refractivity contribution in [2.45, 2.75) is 19.3 Å². The molecule has 0 aliphatic heterocycles. The van der Waals surface area contributed by atoms with Crippen LogP contribution in [0.15, 0.2) is 97.6 Å². The Bertz CT molecular complexity index is 1470. The Kier molecular flexibility index (Phi) is 3.44. The fourth-order valence-electron chi connectivity index (χ4n) is 5.54. The summed E-state index contributed by atoms with van der Waals surface area (Å²) in [6.45, 7) is 8.84. The molecule has 0 fully saturated rings. The third-order valence-electron chi connectivity index (χ3n) is 6.83. The Morgan fingerprint density at radius 3 is 2.23 bits per heavy atom. The zero-order valence-corrected chi connectivity index (χ0v) is 17.3. The molecular weight excluding hydrogens is 362 g/mol. The second-order valence-corrected chi connectivity index (χ2v) is 8.51. The monoisotopic (exact) mass is 385 g/mol. The minimum absolute atomic E-state index is 0.228. The van der Waals surface area contributed by atoms with Gasteiger partial charge in [0.05, 0.1) is 11.0 Å². The highest BCUT2D eigenvalue weighted by atomic mass is 15.0. The Labute approximate surface area is 176 Å². The minimum Gasteiger partial charge on any atom is -0.314 e. The van der Waals surface area contributed by atoms with Crippen molar-refractivity contribution in [1.29, 1.82) is 0 Å². The largest absolute Gasteiger partial charge is 0.314 e. The SMILES string of the molecule is C=C(C)n1c2ccccc2c2ccc3c(c21)C(C)(c1ccccc1)c1ccccc1-3. The van der Waals surface area contributed by atoms with Crippen molar-refractivity contribution >= 4 is 27.5 Å². The summed E-state index contributed by atoms with van der Waals surface area (Å²) < 4.78 is 2.36. The van der Waals surface area contributed by atoms with Gasteiger partial charge in [0, 0.05) is 21.9 Å². The van der Waals surface area contributed by atoms with Crippen LogP contribution in [-0.4, -0.2) is 4.57 Å². The number of hydrogen-bond donors (Lipinski definition) is 0. The van der Waals surface area contributed by atoms with Crippen LogP contribution in [0.3, 0.4) is 0 Å². The summed E-state index contributed by atoms with van der Waals surface area (Å²) in [5.74, 6) is 0. The molecule has 0 radical (unpaired) electrons. The van der Waals surface area contributed by atoms with E-state index in [4.69, 9.17) is 0 Å². The Balaban J connectivity index is 1.88. The van der Waals surface area contributed by atoms with E-state index in [-0.39, 0.29) is 5.41 Å². The van der Waals surface area contributed by atoms with Crippen molar-refractivity contribution in [3.8, 4) is 11.1 Å². The number of benzene rings is 4. The second-order valence-electron chi connectivity index (χ2n) is 8.51. The molecule has 6 rings (SSSR count). The number of aromatic nitrogens is 1. The van der Waals surface area contributed by atoms with Gasteiger partial charge in [0.25, 0.3) is 0 Å². The molecule has 1 aromatic heterocycles. The lowest BCUT2D eigenvalue weighted by molar-refractivity contribution is 0.717. The predicted octanol–water partition coefficient (Wildman–Crippen LogP) is 7.62. The zero-order chi connectivity index (χ0) is 20.5. The first kappa shape index (κ1) is 17.3. The highest BCUT2D eigenvalue weighted by Crippen LogP contribution is 2.55. The molecule has 1 heterocycles. The lowest BCUT2D eigenvalue weighted by Gasteiger charge is -2.29. The average molecular weight is 386 g/mol. The molecule has 1 aliphatic carbocycles. The molecule has 0 bridgehead atoms. The molecule has 1 atom stereocenters. The van der Waals surface area contributed by atoms with E-state index < -0.39 is 0 Å². The van der Waals surface area contributed by atoms with E-state index in [1.54, 1.807) is 0 Å². The molecule has 1 aliphatic rings. The number of allylic oxidation sites excluding steroid dienone is 1. The van der Waals surface area contributed by atoms with Crippen LogP contribution in [0.5, 0.6) is 0 Å². The summed E-state index contributed by atoms with van der Waals surface area (Å²) in [6.07, 6.45) is 0. The van der Waals surface area contributed by atoms with E-state index in [2.05, 4.69) is 116 Å². The molecule has 30 heavy (non-hydrogen) atoms. The first-order chi connectivity index (χ1) is 14.6. The maximum atomic E-state index is 4.36. The van der Waals surface area contributed by atoms with Crippen LogP contribution in [0.4, 0.5) is 0 Å². The van der Waals surface area contributed by atoms with Crippen molar-refractivity contribution in [3.63, 3.8) is 0 Å². The predicted molar refractivity (Wildman–Crippen MR) is 128 cm³/mol. The van der Waals surface area contributed by atoms with Gasteiger partial charge in [-0.15, -0.1) is 0 Å². The fraction of sp³-hybridized carbons (Fsp3) is 0.103. The van der Waals surface area contributed by atoms with Gasteiger partial charge in [0.1, 0.15) is 0 Å². The lowest BCUT2D eigenvalue weighted by atomic mass is 9.73. The quantitative estimate of drug-likeness (QED) is 0.294. The maximum absolute atomic E-state index is 4.36. The number of nitrogens with zero attached hydrogens (tertiary/aromatic N) is 1. The van der Waals surface area contributed by atoms with Crippen LogP contribution in [0.2, 0.25) is 0 Å². The van der Waals surface area contributed by atoms with Crippen LogP contribution < -0.4 is 0 Å².